The van der Waals surface area contributed by atoms with E-state index in [4.69, 9.17) is 21.9 Å². The Morgan fingerprint density at radius 2 is 1.83 bits per heavy atom. The normalized spacial score (nSPS) is 12.1. The largest absolute Gasteiger partial charge is 0.417 e. The highest BCUT2D eigenvalue weighted by Gasteiger charge is 2.34. The molecule has 2 heterocycles. The number of nitrogens with one attached hydrogen (secondary N) is 1. The van der Waals surface area contributed by atoms with Crippen LogP contribution in [0.3, 0.4) is 0 Å². The number of carbonyl (C=O) groups excluding carboxylic acids is 1. The van der Waals surface area contributed by atoms with Crippen LogP contribution in [0.25, 0.3) is 11.3 Å². The zero-order valence-corrected chi connectivity index (χ0v) is 17.0. The molecule has 2 aromatic heterocycles. The summed E-state index contributed by atoms with van der Waals surface area (Å²) in [4.78, 5) is 16.6. The zero-order valence-electron chi connectivity index (χ0n) is 16.3. The van der Waals surface area contributed by atoms with Crippen LogP contribution >= 0.6 is 11.6 Å². The number of hydrogen-bond donors (Lipinski definition) is 2. The van der Waals surface area contributed by atoms with E-state index in [9.17, 15) is 18.0 Å². The Hall–Kier alpha value is -3.07. The van der Waals surface area contributed by atoms with Crippen molar-refractivity contribution in [1.82, 2.24) is 10.1 Å². The number of rotatable bonds is 3. The van der Waals surface area contributed by atoms with E-state index >= 15 is 0 Å². The molecule has 1 amide bonds. The maximum absolute atomic E-state index is 13.4. The molecule has 0 radical (unpaired) electrons. The van der Waals surface area contributed by atoms with Crippen LogP contribution in [0.5, 0.6) is 0 Å². The SMILES string of the molecule is CC(C)(C)c1cc(C(=O)Nc2nc(-c3ccccc3C(F)(F)F)cc(Cl)c2N)on1. The van der Waals surface area contributed by atoms with Gasteiger partial charge in [-0.15, -0.1) is 0 Å². The third-order valence-electron chi connectivity index (χ3n) is 4.25. The number of carbonyl (C=O) groups is 1. The molecule has 0 fully saturated rings. The summed E-state index contributed by atoms with van der Waals surface area (Å²) in [6.07, 6.45) is -4.60. The van der Waals surface area contributed by atoms with Gasteiger partial charge in [0, 0.05) is 17.0 Å². The van der Waals surface area contributed by atoms with Gasteiger partial charge in [0.1, 0.15) is 0 Å². The predicted molar refractivity (Wildman–Crippen MR) is 107 cm³/mol. The molecule has 10 heteroatoms. The first-order chi connectivity index (χ1) is 13.9. The van der Waals surface area contributed by atoms with Gasteiger partial charge in [-0.2, -0.15) is 13.2 Å². The highest BCUT2D eigenvalue weighted by molar-refractivity contribution is 6.34. The molecule has 3 rings (SSSR count). The fourth-order valence-corrected chi connectivity index (χ4v) is 2.81. The van der Waals surface area contributed by atoms with Crippen molar-refractivity contribution in [2.24, 2.45) is 0 Å². The number of hydrogen-bond acceptors (Lipinski definition) is 5. The van der Waals surface area contributed by atoms with Crippen molar-refractivity contribution in [3.05, 3.63) is 58.4 Å². The summed E-state index contributed by atoms with van der Waals surface area (Å²) in [7, 11) is 0. The number of nitrogens with two attached hydrogens (primary N) is 1. The monoisotopic (exact) mass is 438 g/mol. The Morgan fingerprint density at radius 1 is 1.17 bits per heavy atom. The number of halogens is 4. The fourth-order valence-electron chi connectivity index (χ4n) is 2.62. The zero-order chi connectivity index (χ0) is 22.3. The summed E-state index contributed by atoms with van der Waals surface area (Å²) in [5, 5.41) is 6.23. The second-order valence-electron chi connectivity index (χ2n) is 7.58. The lowest BCUT2D eigenvalue weighted by Crippen LogP contribution is -2.15. The van der Waals surface area contributed by atoms with Gasteiger partial charge in [0.05, 0.1) is 27.7 Å². The summed E-state index contributed by atoms with van der Waals surface area (Å²) in [5.74, 6) is -0.999. The maximum atomic E-state index is 13.4. The van der Waals surface area contributed by atoms with E-state index in [-0.39, 0.29) is 39.0 Å². The van der Waals surface area contributed by atoms with Gasteiger partial charge in [0.2, 0.25) is 5.76 Å². The number of pyridine rings is 1. The van der Waals surface area contributed by atoms with Crippen molar-refractivity contribution < 1.29 is 22.5 Å². The second-order valence-corrected chi connectivity index (χ2v) is 7.98. The average Bonchev–Trinajstić information content (AvgIpc) is 3.15. The molecule has 6 nitrogen and oxygen atoms in total. The molecule has 0 saturated heterocycles. The summed E-state index contributed by atoms with van der Waals surface area (Å²) >= 11 is 6.10. The lowest BCUT2D eigenvalue weighted by atomic mass is 9.92. The number of amides is 1. The molecule has 158 valence electrons. The van der Waals surface area contributed by atoms with Crippen molar-refractivity contribution in [3.63, 3.8) is 0 Å². The number of alkyl halides is 3. The van der Waals surface area contributed by atoms with Gasteiger partial charge in [0.25, 0.3) is 5.91 Å². The molecule has 3 N–H and O–H groups in total. The minimum atomic E-state index is -4.60. The van der Waals surface area contributed by atoms with Crippen LogP contribution in [0.15, 0.2) is 40.9 Å². The molecule has 0 aliphatic heterocycles. The second kappa shape index (κ2) is 7.64. The fraction of sp³-hybridized carbons (Fsp3) is 0.250. The molecule has 1 aromatic carbocycles. The lowest BCUT2D eigenvalue weighted by Gasteiger charge is -2.15. The van der Waals surface area contributed by atoms with Crippen molar-refractivity contribution in [2.75, 3.05) is 11.1 Å². The van der Waals surface area contributed by atoms with Crippen molar-refractivity contribution in [2.45, 2.75) is 32.4 Å². The van der Waals surface area contributed by atoms with Crippen molar-refractivity contribution in [3.8, 4) is 11.3 Å². The van der Waals surface area contributed by atoms with Gasteiger partial charge in [-0.1, -0.05) is 55.7 Å². The van der Waals surface area contributed by atoms with E-state index in [0.29, 0.717) is 5.69 Å². The predicted octanol–water partition coefficient (Wildman–Crippen LogP) is 5.54. The van der Waals surface area contributed by atoms with Gasteiger partial charge in [0.15, 0.2) is 5.82 Å². The summed E-state index contributed by atoms with van der Waals surface area (Å²) < 4.78 is 45.2. The smallest absolute Gasteiger partial charge is 0.395 e. The molecular formula is C20H18ClF3N4O2. The van der Waals surface area contributed by atoms with Gasteiger partial charge < -0.3 is 15.6 Å². The Bertz CT molecular complexity index is 1100. The van der Waals surface area contributed by atoms with Gasteiger partial charge in [-0.05, 0) is 12.1 Å². The highest BCUT2D eigenvalue weighted by Crippen LogP contribution is 2.39. The molecule has 0 unspecified atom stereocenters. The van der Waals surface area contributed by atoms with Gasteiger partial charge in [-0.25, -0.2) is 4.98 Å². The van der Waals surface area contributed by atoms with E-state index in [1.165, 1.54) is 30.3 Å². The lowest BCUT2D eigenvalue weighted by molar-refractivity contribution is -0.137. The van der Waals surface area contributed by atoms with Crippen LogP contribution in [0.1, 0.15) is 42.6 Å². The van der Waals surface area contributed by atoms with Crippen LogP contribution in [0.2, 0.25) is 5.02 Å². The number of benzene rings is 1. The molecule has 0 aliphatic carbocycles. The van der Waals surface area contributed by atoms with Crippen LogP contribution in [0.4, 0.5) is 24.7 Å². The highest BCUT2D eigenvalue weighted by atomic mass is 35.5. The van der Waals surface area contributed by atoms with Crippen LogP contribution in [0, 0.1) is 0 Å². The first-order valence-electron chi connectivity index (χ1n) is 8.79. The van der Waals surface area contributed by atoms with E-state index in [2.05, 4.69) is 15.5 Å². The third-order valence-corrected chi connectivity index (χ3v) is 4.56. The molecule has 0 atom stereocenters. The third kappa shape index (κ3) is 4.40. The summed E-state index contributed by atoms with van der Waals surface area (Å²) in [5.41, 5.74) is 4.82. The van der Waals surface area contributed by atoms with Crippen LogP contribution in [-0.4, -0.2) is 16.0 Å². The van der Waals surface area contributed by atoms with E-state index in [1.807, 2.05) is 20.8 Å². The minimum Gasteiger partial charge on any atom is -0.395 e. The minimum absolute atomic E-state index is 0.0553. The number of anilines is 2. The topological polar surface area (TPSA) is 94.0 Å². The van der Waals surface area contributed by atoms with E-state index in [0.717, 1.165) is 6.07 Å². The first-order valence-corrected chi connectivity index (χ1v) is 9.17. The molecule has 0 bridgehead atoms. The first kappa shape index (κ1) is 21.6. The molecule has 3 aromatic rings. The maximum Gasteiger partial charge on any atom is 0.417 e. The quantitative estimate of drug-likeness (QED) is 0.559. The molecule has 0 spiro atoms. The number of nitrogen functional groups attached to an aromatic ring is 1. The average molecular weight is 439 g/mol. The number of aromatic nitrogens is 2. The standard InChI is InChI=1S/C20H18ClF3N4O2/c1-19(2,3)15-9-14(30-28-15)18(29)27-17-16(25)12(21)8-13(26-17)10-6-4-5-7-11(10)20(22,23)24/h4-9H,25H2,1-3H3,(H,26,27,29). The van der Waals surface area contributed by atoms with Crippen LogP contribution < -0.4 is 11.1 Å². The van der Waals surface area contributed by atoms with Gasteiger partial charge in [-0.3, -0.25) is 4.79 Å². The van der Waals surface area contributed by atoms with Gasteiger partial charge >= 0.3 is 6.18 Å². The Labute approximate surface area is 175 Å². The Morgan fingerprint density at radius 3 is 2.43 bits per heavy atom. The van der Waals surface area contributed by atoms with E-state index < -0.39 is 17.6 Å². The Kier molecular flexibility index (Phi) is 5.51. The Balaban J connectivity index is 1.99. The van der Waals surface area contributed by atoms with Crippen molar-refractivity contribution >= 4 is 29.0 Å². The summed E-state index contributed by atoms with van der Waals surface area (Å²) in [6, 6.07) is 7.58. The molecule has 30 heavy (non-hydrogen) atoms. The number of nitrogens with zero attached hydrogens (tertiary/aromatic N) is 2. The van der Waals surface area contributed by atoms with Crippen molar-refractivity contribution in [1.29, 1.82) is 0 Å². The summed E-state index contributed by atoms with van der Waals surface area (Å²) in [6.45, 7) is 5.69. The molecule has 0 saturated carbocycles. The molecule has 0 aliphatic rings. The van der Waals surface area contributed by atoms with Crippen LogP contribution in [-0.2, 0) is 11.6 Å². The van der Waals surface area contributed by atoms with E-state index in [1.54, 1.807) is 0 Å². The molecular weight excluding hydrogens is 421 g/mol.